The monoisotopic (exact) mass is 388 g/mol. The van der Waals surface area contributed by atoms with Crippen molar-refractivity contribution < 1.29 is 9.53 Å². The first-order valence-electron chi connectivity index (χ1n) is 9.87. The Balaban J connectivity index is 1.57. The number of nitrogens with zero attached hydrogens (tertiary/aromatic N) is 4. The first-order valence-corrected chi connectivity index (χ1v) is 9.87. The molecule has 0 radical (unpaired) electrons. The van der Waals surface area contributed by atoms with Gasteiger partial charge in [-0.15, -0.1) is 0 Å². The summed E-state index contributed by atoms with van der Waals surface area (Å²) in [6, 6.07) is 11.6. The highest BCUT2D eigenvalue weighted by Gasteiger charge is 2.28. The van der Waals surface area contributed by atoms with Gasteiger partial charge in [-0.25, -0.2) is 0 Å². The second-order valence-electron chi connectivity index (χ2n) is 7.20. The smallest absolute Gasteiger partial charge is 0.227 e. The zero-order valence-corrected chi connectivity index (χ0v) is 16.5. The molecular formula is C23H24N4O2. The van der Waals surface area contributed by atoms with E-state index in [0.717, 1.165) is 47.7 Å². The van der Waals surface area contributed by atoms with Gasteiger partial charge in [-0.1, -0.05) is 12.1 Å². The predicted octanol–water partition coefficient (Wildman–Crippen LogP) is 3.50. The average Bonchev–Trinajstić information content (AvgIpc) is 2.80. The average molecular weight is 388 g/mol. The van der Waals surface area contributed by atoms with E-state index in [4.69, 9.17) is 4.74 Å². The number of ether oxygens (including phenoxy) is 1. The standard InChI is InChI=1S/C23H24N4O2/c1-29-20-7-3-2-6-19(20)23-22(25-12-13-26-23)18-5-4-14-27(16-18)21(28)15-17-8-10-24-11-9-17/h2-3,6-13,18H,4-5,14-16H2,1H3. The molecule has 1 aromatic carbocycles. The third-order valence-corrected chi connectivity index (χ3v) is 5.35. The summed E-state index contributed by atoms with van der Waals surface area (Å²) in [5.41, 5.74) is 3.68. The van der Waals surface area contributed by atoms with Gasteiger partial charge < -0.3 is 9.64 Å². The van der Waals surface area contributed by atoms with Gasteiger partial charge in [0.1, 0.15) is 5.75 Å². The maximum Gasteiger partial charge on any atom is 0.227 e. The van der Waals surface area contributed by atoms with Crippen molar-refractivity contribution in [2.45, 2.75) is 25.2 Å². The summed E-state index contributed by atoms with van der Waals surface area (Å²) in [6.07, 6.45) is 9.22. The van der Waals surface area contributed by atoms with Crippen LogP contribution < -0.4 is 4.74 Å². The molecule has 6 heteroatoms. The second-order valence-corrected chi connectivity index (χ2v) is 7.20. The number of carbonyl (C=O) groups excluding carboxylic acids is 1. The Hall–Kier alpha value is -3.28. The number of carbonyl (C=O) groups is 1. The molecule has 1 aliphatic heterocycles. The molecule has 1 atom stereocenters. The van der Waals surface area contributed by atoms with Crippen LogP contribution in [0.25, 0.3) is 11.3 Å². The van der Waals surface area contributed by atoms with Crippen molar-refractivity contribution in [2.24, 2.45) is 0 Å². The highest BCUT2D eigenvalue weighted by atomic mass is 16.5. The summed E-state index contributed by atoms with van der Waals surface area (Å²) in [7, 11) is 1.66. The Morgan fingerprint density at radius 2 is 1.90 bits per heavy atom. The Kier molecular flexibility index (Phi) is 5.79. The van der Waals surface area contributed by atoms with E-state index in [1.54, 1.807) is 31.9 Å². The molecule has 29 heavy (non-hydrogen) atoms. The lowest BCUT2D eigenvalue weighted by atomic mass is 9.91. The molecule has 0 bridgehead atoms. The molecule has 148 valence electrons. The van der Waals surface area contributed by atoms with Gasteiger partial charge >= 0.3 is 0 Å². The third kappa shape index (κ3) is 4.26. The van der Waals surface area contributed by atoms with Crippen LogP contribution in [0.3, 0.4) is 0 Å². The number of piperidine rings is 1. The summed E-state index contributed by atoms with van der Waals surface area (Å²) in [6.45, 7) is 1.44. The lowest BCUT2D eigenvalue weighted by Crippen LogP contribution is -2.40. The maximum absolute atomic E-state index is 12.8. The normalized spacial score (nSPS) is 16.4. The van der Waals surface area contributed by atoms with Crippen LogP contribution in [0.15, 0.2) is 61.2 Å². The highest BCUT2D eigenvalue weighted by molar-refractivity contribution is 5.79. The summed E-state index contributed by atoms with van der Waals surface area (Å²) in [4.78, 5) is 28.1. The van der Waals surface area contributed by atoms with E-state index in [1.165, 1.54) is 0 Å². The van der Waals surface area contributed by atoms with Gasteiger partial charge in [0.2, 0.25) is 5.91 Å². The summed E-state index contributed by atoms with van der Waals surface area (Å²) in [5.74, 6) is 1.07. The van der Waals surface area contributed by atoms with E-state index in [1.807, 2.05) is 41.3 Å². The molecule has 0 aliphatic carbocycles. The SMILES string of the molecule is COc1ccccc1-c1nccnc1C1CCCN(C(=O)Cc2ccncc2)C1. The molecule has 4 rings (SSSR count). The van der Waals surface area contributed by atoms with Crippen molar-refractivity contribution in [3.63, 3.8) is 0 Å². The minimum absolute atomic E-state index is 0.142. The highest BCUT2D eigenvalue weighted by Crippen LogP contribution is 2.35. The molecule has 6 nitrogen and oxygen atoms in total. The largest absolute Gasteiger partial charge is 0.496 e. The summed E-state index contributed by atoms with van der Waals surface area (Å²) >= 11 is 0. The van der Waals surface area contributed by atoms with Gasteiger partial charge in [0, 0.05) is 49.4 Å². The molecule has 0 N–H and O–H groups in total. The van der Waals surface area contributed by atoms with Crippen molar-refractivity contribution in [3.8, 4) is 17.0 Å². The number of aromatic nitrogens is 3. The van der Waals surface area contributed by atoms with Gasteiger partial charge in [0.15, 0.2) is 0 Å². The summed E-state index contributed by atoms with van der Waals surface area (Å²) < 4.78 is 5.53. The number of amides is 1. The van der Waals surface area contributed by atoms with E-state index in [0.29, 0.717) is 13.0 Å². The van der Waals surface area contributed by atoms with Crippen LogP contribution in [0.5, 0.6) is 5.75 Å². The van der Waals surface area contributed by atoms with Crippen molar-refractivity contribution in [1.82, 2.24) is 19.9 Å². The fourth-order valence-corrected chi connectivity index (χ4v) is 3.91. The molecular weight excluding hydrogens is 364 g/mol. The zero-order valence-electron chi connectivity index (χ0n) is 16.5. The van der Waals surface area contributed by atoms with Crippen LogP contribution in [-0.4, -0.2) is 46.0 Å². The molecule has 1 aliphatic rings. The van der Waals surface area contributed by atoms with Crippen LogP contribution in [0.2, 0.25) is 0 Å². The zero-order chi connectivity index (χ0) is 20.1. The van der Waals surface area contributed by atoms with Crippen molar-refractivity contribution in [2.75, 3.05) is 20.2 Å². The number of hydrogen-bond acceptors (Lipinski definition) is 5. The van der Waals surface area contributed by atoms with Gasteiger partial charge in [0.05, 0.1) is 24.9 Å². The molecule has 3 heterocycles. The molecule has 2 aromatic heterocycles. The number of likely N-dealkylation sites (tertiary alicyclic amines) is 1. The van der Waals surface area contributed by atoms with Gasteiger partial charge in [0.25, 0.3) is 0 Å². The van der Waals surface area contributed by atoms with Gasteiger partial charge in [-0.05, 0) is 42.7 Å². The first kappa shape index (κ1) is 19.1. The third-order valence-electron chi connectivity index (χ3n) is 5.35. The van der Waals surface area contributed by atoms with Crippen LogP contribution in [-0.2, 0) is 11.2 Å². The number of benzene rings is 1. The molecule has 1 amide bonds. The van der Waals surface area contributed by atoms with E-state index in [9.17, 15) is 4.79 Å². The Morgan fingerprint density at radius 3 is 2.72 bits per heavy atom. The summed E-state index contributed by atoms with van der Waals surface area (Å²) in [5, 5.41) is 0. The van der Waals surface area contributed by atoms with E-state index in [-0.39, 0.29) is 11.8 Å². The molecule has 1 fully saturated rings. The van der Waals surface area contributed by atoms with Crippen LogP contribution in [0.1, 0.15) is 30.0 Å². The molecule has 1 saturated heterocycles. The number of pyridine rings is 1. The Labute approximate surface area is 170 Å². The van der Waals surface area contributed by atoms with E-state index < -0.39 is 0 Å². The minimum Gasteiger partial charge on any atom is -0.496 e. The second kappa shape index (κ2) is 8.82. The van der Waals surface area contributed by atoms with Gasteiger partial charge in [-0.2, -0.15) is 0 Å². The lowest BCUT2D eigenvalue weighted by Gasteiger charge is -2.33. The van der Waals surface area contributed by atoms with E-state index >= 15 is 0 Å². The van der Waals surface area contributed by atoms with Crippen molar-refractivity contribution in [3.05, 3.63) is 72.4 Å². The predicted molar refractivity (Wildman–Crippen MR) is 111 cm³/mol. The molecule has 0 spiro atoms. The lowest BCUT2D eigenvalue weighted by molar-refractivity contribution is -0.131. The number of rotatable bonds is 5. The van der Waals surface area contributed by atoms with Crippen LogP contribution in [0, 0.1) is 0 Å². The van der Waals surface area contributed by atoms with Gasteiger partial charge in [-0.3, -0.25) is 19.7 Å². The Morgan fingerprint density at radius 1 is 1.10 bits per heavy atom. The van der Waals surface area contributed by atoms with E-state index in [2.05, 4.69) is 15.0 Å². The molecule has 3 aromatic rings. The molecule has 1 unspecified atom stereocenters. The number of methoxy groups -OCH3 is 1. The van der Waals surface area contributed by atoms with Crippen LogP contribution in [0.4, 0.5) is 0 Å². The fourth-order valence-electron chi connectivity index (χ4n) is 3.91. The topological polar surface area (TPSA) is 68.2 Å². The number of hydrogen-bond donors (Lipinski definition) is 0. The first-order chi connectivity index (χ1) is 14.3. The quantitative estimate of drug-likeness (QED) is 0.669. The fraction of sp³-hybridized carbons (Fsp3) is 0.304. The Bertz CT molecular complexity index is 977. The maximum atomic E-state index is 12.8. The minimum atomic E-state index is 0.142. The molecule has 0 saturated carbocycles. The van der Waals surface area contributed by atoms with Crippen LogP contribution >= 0.6 is 0 Å². The number of para-hydroxylation sites is 1. The van der Waals surface area contributed by atoms with Crippen molar-refractivity contribution in [1.29, 1.82) is 0 Å². The van der Waals surface area contributed by atoms with Crippen molar-refractivity contribution >= 4 is 5.91 Å².